The molecule has 4 rings (SSSR count). The molecule has 2 aromatic heterocycles. The molecule has 6 nitrogen and oxygen atoms in total. The lowest BCUT2D eigenvalue weighted by molar-refractivity contribution is -0.0584. The normalized spacial score (nSPS) is 13.2. The number of hydrogen-bond donors (Lipinski definition) is 0. The number of rotatable bonds is 3. The molecule has 0 aliphatic carbocycles. The maximum absolute atomic E-state index is 13.0. The van der Waals surface area contributed by atoms with Crippen LogP contribution in [-0.4, -0.2) is 27.4 Å². The first-order chi connectivity index (χ1) is 13.3. The number of amides is 2. The van der Waals surface area contributed by atoms with E-state index in [0.717, 1.165) is 26.8 Å². The van der Waals surface area contributed by atoms with Gasteiger partial charge in [-0.2, -0.15) is 0 Å². The Hall–Kier alpha value is -3.19. The van der Waals surface area contributed by atoms with E-state index in [1.165, 1.54) is 11.3 Å². The van der Waals surface area contributed by atoms with Crippen molar-refractivity contribution in [1.82, 2.24) is 9.63 Å². The number of benzene rings is 1. The molecule has 0 unspecified atom stereocenters. The molecule has 0 fully saturated rings. The van der Waals surface area contributed by atoms with Crippen molar-refractivity contribution in [2.24, 2.45) is 0 Å². The van der Waals surface area contributed by atoms with Gasteiger partial charge in [-0.05, 0) is 57.5 Å². The van der Waals surface area contributed by atoms with Crippen LogP contribution in [0.2, 0.25) is 0 Å². The molecule has 0 bridgehead atoms. The molecule has 3 heterocycles. The highest BCUT2D eigenvalue weighted by Gasteiger charge is 2.39. The molecule has 0 radical (unpaired) electrons. The zero-order valence-electron chi connectivity index (χ0n) is 15.9. The van der Waals surface area contributed by atoms with Gasteiger partial charge in [0.2, 0.25) is 0 Å². The van der Waals surface area contributed by atoms with E-state index in [-0.39, 0.29) is 11.1 Å². The Morgan fingerprint density at radius 2 is 1.43 bits per heavy atom. The SMILES string of the molecule is Cc1sc(-n2c(C)ccc2C)c(C(=O)ON2C(=O)c3ccccc3C2=O)c1C. The summed E-state index contributed by atoms with van der Waals surface area (Å²) in [5.41, 5.74) is 3.56. The second-order valence-corrected chi connectivity index (χ2v) is 7.95. The molecule has 0 saturated heterocycles. The van der Waals surface area contributed by atoms with Crippen molar-refractivity contribution >= 4 is 29.1 Å². The fourth-order valence-corrected chi connectivity index (χ4v) is 4.64. The summed E-state index contributed by atoms with van der Waals surface area (Å²) in [6.07, 6.45) is 0. The summed E-state index contributed by atoms with van der Waals surface area (Å²) in [5.74, 6) is -1.99. The first kappa shape index (κ1) is 18.2. The summed E-state index contributed by atoms with van der Waals surface area (Å²) >= 11 is 1.48. The molecular weight excluding hydrogens is 376 g/mol. The molecule has 0 atom stereocenters. The number of hydroxylamine groups is 2. The summed E-state index contributed by atoms with van der Waals surface area (Å²) in [4.78, 5) is 44.3. The van der Waals surface area contributed by atoms with Gasteiger partial charge in [-0.15, -0.1) is 11.3 Å². The lowest BCUT2D eigenvalue weighted by Gasteiger charge is -2.15. The molecule has 1 aliphatic heterocycles. The van der Waals surface area contributed by atoms with E-state index in [1.807, 2.05) is 44.4 Å². The zero-order valence-corrected chi connectivity index (χ0v) is 16.7. The molecule has 0 spiro atoms. The van der Waals surface area contributed by atoms with Crippen LogP contribution >= 0.6 is 11.3 Å². The minimum absolute atomic E-state index is 0.232. The quantitative estimate of drug-likeness (QED) is 0.626. The summed E-state index contributed by atoms with van der Waals surface area (Å²) in [6, 6.07) is 10.4. The van der Waals surface area contributed by atoms with E-state index in [9.17, 15) is 14.4 Å². The van der Waals surface area contributed by atoms with Crippen molar-refractivity contribution in [1.29, 1.82) is 0 Å². The Labute approximate surface area is 165 Å². The Kier molecular flexibility index (Phi) is 4.19. The van der Waals surface area contributed by atoms with Crippen molar-refractivity contribution < 1.29 is 19.2 Å². The molecule has 1 aliphatic rings. The standard InChI is InChI=1S/C21H18N2O4S/c1-11-9-10-12(2)22(11)20-17(13(3)14(4)28-20)21(26)27-23-18(24)15-7-5-6-8-16(15)19(23)25/h5-10H,1-4H3. The first-order valence-corrected chi connectivity index (χ1v) is 9.58. The number of imide groups is 1. The van der Waals surface area contributed by atoms with Gasteiger partial charge in [-0.3, -0.25) is 9.59 Å². The van der Waals surface area contributed by atoms with E-state index in [2.05, 4.69) is 0 Å². The zero-order chi connectivity index (χ0) is 20.2. The van der Waals surface area contributed by atoms with Gasteiger partial charge in [0.1, 0.15) is 10.6 Å². The van der Waals surface area contributed by atoms with E-state index < -0.39 is 17.8 Å². The molecule has 1 aromatic carbocycles. The van der Waals surface area contributed by atoms with Crippen molar-refractivity contribution in [3.63, 3.8) is 0 Å². The van der Waals surface area contributed by atoms with E-state index in [0.29, 0.717) is 10.6 Å². The average molecular weight is 394 g/mol. The minimum Gasteiger partial charge on any atom is -0.324 e. The van der Waals surface area contributed by atoms with Gasteiger partial charge in [0.05, 0.1) is 11.1 Å². The van der Waals surface area contributed by atoms with Crippen molar-refractivity contribution in [3.05, 3.63) is 74.9 Å². The fraction of sp³-hybridized carbons (Fsp3) is 0.190. The maximum Gasteiger partial charge on any atom is 0.367 e. The van der Waals surface area contributed by atoms with Crippen LogP contribution < -0.4 is 0 Å². The van der Waals surface area contributed by atoms with Crippen LogP contribution in [0.5, 0.6) is 0 Å². The maximum atomic E-state index is 13.0. The number of aryl methyl sites for hydroxylation is 3. The van der Waals surface area contributed by atoms with Gasteiger partial charge in [0.25, 0.3) is 11.8 Å². The topological polar surface area (TPSA) is 68.6 Å². The Bertz CT molecular complexity index is 1100. The Balaban J connectivity index is 1.73. The van der Waals surface area contributed by atoms with Crippen molar-refractivity contribution in [2.45, 2.75) is 27.7 Å². The van der Waals surface area contributed by atoms with Gasteiger partial charge in [0, 0.05) is 16.3 Å². The van der Waals surface area contributed by atoms with Crippen LogP contribution in [0.1, 0.15) is 52.9 Å². The predicted octanol–water partition coefficient (Wildman–Crippen LogP) is 4.14. The Morgan fingerprint density at radius 3 is 1.96 bits per heavy atom. The molecule has 2 amide bonds. The van der Waals surface area contributed by atoms with Crippen LogP contribution in [0.3, 0.4) is 0 Å². The van der Waals surface area contributed by atoms with Gasteiger partial charge >= 0.3 is 5.97 Å². The Morgan fingerprint density at radius 1 is 0.893 bits per heavy atom. The molecule has 142 valence electrons. The van der Waals surface area contributed by atoms with Gasteiger partial charge < -0.3 is 9.40 Å². The number of thiophene rings is 1. The van der Waals surface area contributed by atoms with Gasteiger partial charge in [0.15, 0.2) is 0 Å². The highest BCUT2D eigenvalue weighted by Crippen LogP contribution is 2.34. The second-order valence-electron chi connectivity index (χ2n) is 6.74. The fourth-order valence-electron chi connectivity index (χ4n) is 3.37. The summed E-state index contributed by atoms with van der Waals surface area (Å²) in [7, 11) is 0. The highest BCUT2D eigenvalue weighted by atomic mass is 32.1. The molecule has 0 N–H and O–H groups in total. The molecule has 0 saturated carbocycles. The largest absolute Gasteiger partial charge is 0.367 e. The summed E-state index contributed by atoms with van der Waals surface area (Å²) < 4.78 is 1.98. The number of hydrogen-bond acceptors (Lipinski definition) is 5. The minimum atomic E-state index is -0.723. The van der Waals surface area contributed by atoms with E-state index in [1.54, 1.807) is 24.3 Å². The first-order valence-electron chi connectivity index (χ1n) is 8.76. The summed E-state index contributed by atoms with van der Waals surface area (Å²) in [6.45, 7) is 7.67. The van der Waals surface area contributed by atoms with Crippen LogP contribution in [0.4, 0.5) is 0 Å². The third kappa shape index (κ3) is 2.58. The second kappa shape index (κ2) is 6.45. The summed E-state index contributed by atoms with van der Waals surface area (Å²) in [5, 5.41) is 1.27. The van der Waals surface area contributed by atoms with Crippen LogP contribution in [0.15, 0.2) is 36.4 Å². The average Bonchev–Trinajstić information content (AvgIpc) is 3.24. The smallest absolute Gasteiger partial charge is 0.324 e. The van der Waals surface area contributed by atoms with Crippen molar-refractivity contribution in [2.75, 3.05) is 0 Å². The van der Waals surface area contributed by atoms with E-state index >= 15 is 0 Å². The molecule has 28 heavy (non-hydrogen) atoms. The predicted molar refractivity (Wildman–Crippen MR) is 105 cm³/mol. The van der Waals surface area contributed by atoms with Crippen LogP contribution in [0.25, 0.3) is 5.00 Å². The third-order valence-corrected chi connectivity index (χ3v) is 6.17. The van der Waals surface area contributed by atoms with Crippen molar-refractivity contribution in [3.8, 4) is 5.00 Å². The monoisotopic (exact) mass is 394 g/mol. The number of carbonyl (C=O) groups is 3. The lowest BCUT2D eigenvalue weighted by atomic mass is 10.1. The van der Waals surface area contributed by atoms with Crippen LogP contribution in [0, 0.1) is 27.7 Å². The number of fused-ring (bicyclic) bond motifs is 1. The van der Waals surface area contributed by atoms with Gasteiger partial charge in [-0.25, -0.2) is 4.79 Å². The van der Waals surface area contributed by atoms with Crippen LogP contribution in [-0.2, 0) is 4.84 Å². The molecule has 3 aromatic rings. The number of nitrogens with zero attached hydrogens (tertiary/aromatic N) is 2. The molecular formula is C21H18N2O4S. The van der Waals surface area contributed by atoms with Gasteiger partial charge in [-0.1, -0.05) is 17.2 Å². The van der Waals surface area contributed by atoms with E-state index in [4.69, 9.17) is 4.84 Å². The number of aromatic nitrogens is 1. The highest BCUT2D eigenvalue weighted by molar-refractivity contribution is 7.15. The molecule has 7 heteroatoms. The third-order valence-electron chi connectivity index (χ3n) is 4.98. The number of carbonyl (C=O) groups excluding carboxylic acids is 3. The lowest BCUT2D eigenvalue weighted by Crippen LogP contribution is -2.33.